The summed E-state index contributed by atoms with van der Waals surface area (Å²) < 4.78 is 0. The number of likely N-dealkylation sites (tertiary alicyclic amines) is 1. The van der Waals surface area contributed by atoms with Crippen molar-refractivity contribution in [3.63, 3.8) is 0 Å². The van der Waals surface area contributed by atoms with E-state index in [4.69, 9.17) is 5.73 Å². The first-order valence-electron chi connectivity index (χ1n) is 7.27. The second-order valence-electron chi connectivity index (χ2n) is 5.70. The minimum Gasteiger partial charge on any atom is -0.340 e. The first-order chi connectivity index (χ1) is 8.22. The van der Waals surface area contributed by atoms with Crippen molar-refractivity contribution in [3.8, 4) is 0 Å². The Morgan fingerprint density at radius 3 is 2.71 bits per heavy atom. The lowest BCUT2D eigenvalue weighted by Gasteiger charge is -2.36. The standard InChI is InChI=1S/C14H26N2O/c1-2-12-7-3-4-9-16(12)14(17)10-11-6-5-8-13(11)15/h11-13H,2-10,15H2,1H3/t11-,12?,13+/m0/s1. The van der Waals surface area contributed by atoms with E-state index < -0.39 is 0 Å². The lowest BCUT2D eigenvalue weighted by atomic mass is 9.95. The Hall–Kier alpha value is -0.570. The Morgan fingerprint density at radius 1 is 1.24 bits per heavy atom. The molecule has 2 aliphatic rings. The lowest BCUT2D eigenvalue weighted by Crippen LogP contribution is -2.44. The van der Waals surface area contributed by atoms with Crippen molar-refractivity contribution in [2.24, 2.45) is 11.7 Å². The van der Waals surface area contributed by atoms with E-state index in [-0.39, 0.29) is 6.04 Å². The number of rotatable bonds is 3. The summed E-state index contributed by atoms with van der Waals surface area (Å²) >= 11 is 0. The number of nitrogens with two attached hydrogens (primary N) is 1. The van der Waals surface area contributed by atoms with Crippen LogP contribution in [0.5, 0.6) is 0 Å². The lowest BCUT2D eigenvalue weighted by molar-refractivity contribution is -0.136. The largest absolute Gasteiger partial charge is 0.340 e. The van der Waals surface area contributed by atoms with Gasteiger partial charge in [0.1, 0.15) is 0 Å². The summed E-state index contributed by atoms with van der Waals surface area (Å²) in [6, 6.07) is 0.762. The maximum Gasteiger partial charge on any atom is 0.223 e. The maximum atomic E-state index is 12.3. The molecular weight excluding hydrogens is 212 g/mol. The van der Waals surface area contributed by atoms with Gasteiger partial charge in [-0.2, -0.15) is 0 Å². The Morgan fingerprint density at radius 2 is 2.06 bits per heavy atom. The van der Waals surface area contributed by atoms with E-state index in [0.717, 1.165) is 25.8 Å². The first kappa shape index (κ1) is 12.9. The molecule has 3 heteroatoms. The maximum absolute atomic E-state index is 12.3. The normalized spacial score (nSPS) is 34.0. The molecule has 1 unspecified atom stereocenters. The van der Waals surface area contributed by atoms with Crippen LogP contribution in [0.4, 0.5) is 0 Å². The zero-order chi connectivity index (χ0) is 12.3. The van der Waals surface area contributed by atoms with Crippen LogP contribution in [0.2, 0.25) is 0 Å². The Bertz CT molecular complexity index is 267. The Balaban J connectivity index is 1.89. The third-order valence-electron chi connectivity index (χ3n) is 4.57. The number of amides is 1. The van der Waals surface area contributed by atoms with Crippen LogP contribution >= 0.6 is 0 Å². The quantitative estimate of drug-likeness (QED) is 0.820. The zero-order valence-corrected chi connectivity index (χ0v) is 11.0. The van der Waals surface area contributed by atoms with E-state index >= 15 is 0 Å². The van der Waals surface area contributed by atoms with Gasteiger partial charge >= 0.3 is 0 Å². The molecule has 1 heterocycles. The molecule has 0 aromatic heterocycles. The van der Waals surface area contributed by atoms with E-state index in [1.54, 1.807) is 0 Å². The number of piperidine rings is 1. The predicted octanol–water partition coefficient (Wildman–Crippen LogP) is 2.29. The van der Waals surface area contributed by atoms with Gasteiger partial charge in [0, 0.05) is 25.0 Å². The molecule has 0 bridgehead atoms. The van der Waals surface area contributed by atoms with Crippen LogP contribution in [0.3, 0.4) is 0 Å². The molecule has 98 valence electrons. The highest BCUT2D eigenvalue weighted by molar-refractivity contribution is 5.77. The first-order valence-corrected chi connectivity index (χ1v) is 7.27. The fraction of sp³-hybridized carbons (Fsp3) is 0.929. The zero-order valence-electron chi connectivity index (χ0n) is 11.0. The molecule has 1 saturated carbocycles. The molecule has 3 atom stereocenters. The van der Waals surface area contributed by atoms with Crippen molar-refractivity contribution in [2.45, 2.75) is 70.4 Å². The SMILES string of the molecule is CCC1CCCCN1C(=O)C[C@@H]1CCC[C@H]1N. The van der Waals surface area contributed by atoms with Crippen molar-refractivity contribution in [1.82, 2.24) is 4.90 Å². The van der Waals surface area contributed by atoms with Gasteiger partial charge in [0.15, 0.2) is 0 Å². The van der Waals surface area contributed by atoms with Crippen LogP contribution in [-0.2, 0) is 4.79 Å². The molecule has 0 aromatic carbocycles. The van der Waals surface area contributed by atoms with Gasteiger partial charge in [-0.15, -0.1) is 0 Å². The van der Waals surface area contributed by atoms with E-state index in [1.807, 2.05) is 0 Å². The van der Waals surface area contributed by atoms with Crippen molar-refractivity contribution < 1.29 is 4.79 Å². The minimum atomic E-state index is 0.267. The fourth-order valence-corrected chi connectivity index (χ4v) is 3.41. The molecule has 0 spiro atoms. The summed E-state index contributed by atoms with van der Waals surface area (Å²) in [7, 11) is 0. The molecule has 2 fully saturated rings. The van der Waals surface area contributed by atoms with Crippen LogP contribution < -0.4 is 5.73 Å². The molecule has 0 radical (unpaired) electrons. The number of hydrogen-bond acceptors (Lipinski definition) is 2. The Kier molecular flexibility index (Phi) is 4.43. The smallest absolute Gasteiger partial charge is 0.223 e. The van der Waals surface area contributed by atoms with Gasteiger partial charge in [-0.05, 0) is 44.4 Å². The van der Waals surface area contributed by atoms with Gasteiger partial charge in [-0.3, -0.25) is 4.79 Å². The molecule has 1 aliphatic carbocycles. The van der Waals surface area contributed by atoms with Crippen LogP contribution in [0.1, 0.15) is 58.3 Å². The van der Waals surface area contributed by atoms with Gasteiger partial charge in [0.25, 0.3) is 0 Å². The molecule has 1 aliphatic heterocycles. The predicted molar refractivity (Wildman–Crippen MR) is 69.6 cm³/mol. The molecule has 2 rings (SSSR count). The summed E-state index contributed by atoms with van der Waals surface area (Å²) in [5, 5.41) is 0. The molecule has 1 saturated heterocycles. The van der Waals surface area contributed by atoms with Gasteiger partial charge in [0.05, 0.1) is 0 Å². The van der Waals surface area contributed by atoms with Gasteiger partial charge in [-0.25, -0.2) is 0 Å². The molecule has 2 N–H and O–H groups in total. The van der Waals surface area contributed by atoms with E-state index in [0.29, 0.717) is 24.3 Å². The second-order valence-corrected chi connectivity index (χ2v) is 5.70. The number of nitrogens with zero attached hydrogens (tertiary/aromatic N) is 1. The van der Waals surface area contributed by atoms with E-state index in [2.05, 4.69) is 11.8 Å². The van der Waals surface area contributed by atoms with Crippen LogP contribution in [0.25, 0.3) is 0 Å². The molecule has 0 aromatic rings. The number of hydrogen-bond donors (Lipinski definition) is 1. The monoisotopic (exact) mass is 238 g/mol. The number of carbonyl (C=O) groups is 1. The van der Waals surface area contributed by atoms with Crippen molar-refractivity contribution in [2.75, 3.05) is 6.54 Å². The van der Waals surface area contributed by atoms with Crippen molar-refractivity contribution >= 4 is 5.91 Å². The van der Waals surface area contributed by atoms with Gasteiger partial charge in [0.2, 0.25) is 5.91 Å². The molecule has 1 amide bonds. The Labute approximate surface area is 105 Å². The highest BCUT2D eigenvalue weighted by atomic mass is 16.2. The second kappa shape index (κ2) is 5.85. The van der Waals surface area contributed by atoms with Gasteiger partial charge < -0.3 is 10.6 Å². The average molecular weight is 238 g/mol. The van der Waals surface area contributed by atoms with Crippen LogP contribution in [0.15, 0.2) is 0 Å². The highest BCUT2D eigenvalue weighted by Crippen LogP contribution is 2.29. The molecular formula is C14H26N2O. The van der Waals surface area contributed by atoms with Crippen LogP contribution in [-0.4, -0.2) is 29.4 Å². The third-order valence-corrected chi connectivity index (χ3v) is 4.57. The summed E-state index contributed by atoms with van der Waals surface area (Å²) in [5.41, 5.74) is 6.05. The molecule has 3 nitrogen and oxygen atoms in total. The topological polar surface area (TPSA) is 46.3 Å². The van der Waals surface area contributed by atoms with Crippen molar-refractivity contribution in [3.05, 3.63) is 0 Å². The summed E-state index contributed by atoms with van der Waals surface area (Å²) in [4.78, 5) is 14.5. The molecule has 17 heavy (non-hydrogen) atoms. The highest BCUT2D eigenvalue weighted by Gasteiger charge is 2.31. The van der Waals surface area contributed by atoms with Gasteiger partial charge in [-0.1, -0.05) is 13.3 Å². The summed E-state index contributed by atoms with van der Waals surface area (Å²) in [5.74, 6) is 0.806. The van der Waals surface area contributed by atoms with E-state index in [9.17, 15) is 4.79 Å². The van der Waals surface area contributed by atoms with E-state index in [1.165, 1.54) is 25.7 Å². The average Bonchev–Trinajstić information content (AvgIpc) is 2.75. The minimum absolute atomic E-state index is 0.267. The number of carbonyl (C=O) groups excluding carboxylic acids is 1. The van der Waals surface area contributed by atoms with Crippen LogP contribution in [0, 0.1) is 5.92 Å². The summed E-state index contributed by atoms with van der Waals surface area (Å²) in [6.45, 7) is 3.16. The van der Waals surface area contributed by atoms with Crippen molar-refractivity contribution in [1.29, 1.82) is 0 Å². The third kappa shape index (κ3) is 3.01. The fourth-order valence-electron chi connectivity index (χ4n) is 3.41. The summed E-state index contributed by atoms with van der Waals surface area (Å²) in [6.07, 6.45) is 8.91.